The Morgan fingerprint density at radius 2 is 1.42 bits per heavy atom. The Morgan fingerprint density at radius 3 is 2.12 bits per heavy atom. The van der Waals surface area contributed by atoms with E-state index in [-0.39, 0.29) is 23.2 Å². The quantitative estimate of drug-likeness (QED) is 0.708. The predicted molar refractivity (Wildman–Crippen MR) is 91.1 cm³/mol. The van der Waals surface area contributed by atoms with E-state index in [9.17, 15) is 9.59 Å². The summed E-state index contributed by atoms with van der Waals surface area (Å²) in [6.07, 6.45) is 0.739. The van der Waals surface area contributed by atoms with Crippen LogP contribution in [0, 0.1) is 0 Å². The van der Waals surface area contributed by atoms with Gasteiger partial charge in [0.15, 0.2) is 11.5 Å². The van der Waals surface area contributed by atoms with Crippen molar-refractivity contribution in [3.05, 3.63) is 95.4 Å². The van der Waals surface area contributed by atoms with E-state index in [1.165, 1.54) is 12.1 Å². The molecule has 0 saturated heterocycles. The lowest BCUT2D eigenvalue weighted by Crippen LogP contribution is -2.25. The van der Waals surface area contributed by atoms with E-state index in [1.54, 1.807) is 24.3 Å². The standard InChI is InChI=1S/C20H17NO3/c22-19(16-9-5-2-6-10-16)17-11-12-18(24-17)20(23)21-14-13-15-7-3-1-4-8-15/h1-12H,13-14H2,(H,21,23). The molecule has 0 bridgehead atoms. The molecule has 0 fully saturated rings. The van der Waals surface area contributed by atoms with E-state index in [0.29, 0.717) is 12.1 Å². The normalized spacial score (nSPS) is 10.3. The van der Waals surface area contributed by atoms with Crippen LogP contribution in [0.2, 0.25) is 0 Å². The van der Waals surface area contributed by atoms with E-state index in [2.05, 4.69) is 5.32 Å². The molecule has 4 nitrogen and oxygen atoms in total. The largest absolute Gasteiger partial charge is 0.447 e. The number of ketones is 1. The molecule has 3 rings (SSSR count). The van der Waals surface area contributed by atoms with Gasteiger partial charge in [0.25, 0.3) is 5.91 Å². The van der Waals surface area contributed by atoms with Gasteiger partial charge in [0.2, 0.25) is 5.78 Å². The first kappa shape index (κ1) is 15.7. The van der Waals surface area contributed by atoms with Crippen molar-refractivity contribution in [2.24, 2.45) is 0 Å². The maximum absolute atomic E-state index is 12.3. The molecule has 0 aliphatic heterocycles. The Hall–Kier alpha value is -3.14. The predicted octanol–water partition coefficient (Wildman–Crippen LogP) is 3.48. The second-order valence-corrected chi connectivity index (χ2v) is 5.35. The fourth-order valence-corrected chi connectivity index (χ4v) is 2.37. The van der Waals surface area contributed by atoms with Crippen LogP contribution in [0.5, 0.6) is 0 Å². The molecule has 120 valence electrons. The van der Waals surface area contributed by atoms with Gasteiger partial charge in [-0.1, -0.05) is 60.7 Å². The third kappa shape index (κ3) is 3.79. The fourth-order valence-electron chi connectivity index (χ4n) is 2.37. The van der Waals surface area contributed by atoms with E-state index in [0.717, 1.165) is 12.0 Å². The summed E-state index contributed by atoms with van der Waals surface area (Å²) in [7, 11) is 0. The van der Waals surface area contributed by atoms with Crippen LogP contribution in [0.4, 0.5) is 0 Å². The summed E-state index contributed by atoms with van der Waals surface area (Å²) < 4.78 is 5.40. The van der Waals surface area contributed by atoms with Crippen molar-refractivity contribution in [2.75, 3.05) is 6.54 Å². The lowest BCUT2D eigenvalue weighted by Gasteiger charge is -2.03. The van der Waals surface area contributed by atoms with Crippen LogP contribution in [-0.4, -0.2) is 18.2 Å². The monoisotopic (exact) mass is 319 g/mol. The number of hydrogen-bond donors (Lipinski definition) is 1. The van der Waals surface area contributed by atoms with Gasteiger partial charge in [-0.05, 0) is 24.1 Å². The molecule has 1 heterocycles. The summed E-state index contributed by atoms with van der Waals surface area (Å²) in [6, 6.07) is 21.8. The number of amides is 1. The van der Waals surface area contributed by atoms with Gasteiger partial charge in [0, 0.05) is 12.1 Å². The van der Waals surface area contributed by atoms with E-state index >= 15 is 0 Å². The first-order valence-corrected chi connectivity index (χ1v) is 7.76. The highest BCUT2D eigenvalue weighted by Crippen LogP contribution is 2.13. The molecule has 0 aliphatic carbocycles. The first-order valence-electron chi connectivity index (χ1n) is 7.76. The van der Waals surface area contributed by atoms with Crippen molar-refractivity contribution in [1.29, 1.82) is 0 Å². The van der Waals surface area contributed by atoms with Crippen molar-refractivity contribution < 1.29 is 14.0 Å². The Balaban J connectivity index is 1.59. The maximum atomic E-state index is 12.3. The minimum absolute atomic E-state index is 0.141. The summed E-state index contributed by atoms with van der Waals surface area (Å²) in [4.78, 5) is 24.3. The van der Waals surface area contributed by atoms with Crippen LogP contribution in [0.1, 0.15) is 32.2 Å². The molecule has 0 spiro atoms. The van der Waals surface area contributed by atoms with E-state index in [1.807, 2.05) is 36.4 Å². The number of nitrogens with one attached hydrogen (secondary N) is 1. The highest BCUT2D eigenvalue weighted by molar-refractivity contribution is 6.07. The minimum atomic E-state index is -0.321. The second kappa shape index (κ2) is 7.42. The molecule has 0 aliphatic rings. The highest BCUT2D eigenvalue weighted by Gasteiger charge is 2.16. The lowest BCUT2D eigenvalue weighted by atomic mass is 10.1. The van der Waals surface area contributed by atoms with Gasteiger partial charge in [-0.15, -0.1) is 0 Å². The Labute approximate surface area is 140 Å². The Bertz CT molecular complexity index is 822. The average Bonchev–Trinajstić information content (AvgIpc) is 3.13. The number of rotatable bonds is 6. The summed E-state index contributed by atoms with van der Waals surface area (Å²) in [5.41, 5.74) is 1.68. The zero-order valence-corrected chi connectivity index (χ0v) is 13.1. The highest BCUT2D eigenvalue weighted by atomic mass is 16.4. The van der Waals surface area contributed by atoms with Crippen molar-refractivity contribution >= 4 is 11.7 Å². The number of hydrogen-bond acceptors (Lipinski definition) is 3. The van der Waals surface area contributed by atoms with Crippen LogP contribution < -0.4 is 5.32 Å². The Morgan fingerprint density at radius 1 is 0.792 bits per heavy atom. The molecular weight excluding hydrogens is 302 g/mol. The molecule has 1 N–H and O–H groups in total. The van der Waals surface area contributed by atoms with Gasteiger partial charge in [-0.25, -0.2) is 0 Å². The molecule has 0 atom stereocenters. The van der Waals surface area contributed by atoms with Crippen LogP contribution >= 0.6 is 0 Å². The van der Waals surface area contributed by atoms with Crippen LogP contribution in [0.15, 0.2) is 77.2 Å². The van der Waals surface area contributed by atoms with Gasteiger partial charge in [-0.3, -0.25) is 9.59 Å². The molecule has 3 aromatic rings. The molecule has 0 saturated carbocycles. The smallest absolute Gasteiger partial charge is 0.287 e. The number of carbonyl (C=O) groups excluding carboxylic acids is 2. The molecule has 4 heteroatoms. The number of furan rings is 1. The second-order valence-electron chi connectivity index (χ2n) is 5.35. The van der Waals surface area contributed by atoms with Crippen LogP contribution in [-0.2, 0) is 6.42 Å². The van der Waals surface area contributed by atoms with Gasteiger partial charge < -0.3 is 9.73 Å². The molecule has 1 aromatic heterocycles. The first-order chi connectivity index (χ1) is 11.7. The summed E-state index contributed by atoms with van der Waals surface area (Å²) in [5, 5.41) is 2.80. The van der Waals surface area contributed by atoms with Crippen LogP contribution in [0.25, 0.3) is 0 Å². The fraction of sp³-hybridized carbons (Fsp3) is 0.100. The van der Waals surface area contributed by atoms with E-state index in [4.69, 9.17) is 4.42 Å². The minimum Gasteiger partial charge on any atom is -0.447 e. The summed E-state index contributed by atoms with van der Waals surface area (Å²) in [6.45, 7) is 0.505. The van der Waals surface area contributed by atoms with E-state index < -0.39 is 0 Å². The average molecular weight is 319 g/mol. The number of benzene rings is 2. The maximum Gasteiger partial charge on any atom is 0.287 e. The molecule has 2 aromatic carbocycles. The zero-order valence-electron chi connectivity index (χ0n) is 13.1. The molecule has 0 unspecified atom stereocenters. The van der Waals surface area contributed by atoms with Gasteiger partial charge in [-0.2, -0.15) is 0 Å². The molecule has 1 amide bonds. The Kier molecular flexibility index (Phi) is 4.87. The van der Waals surface area contributed by atoms with Crippen LogP contribution in [0.3, 0.4) is 0 Å². The summed E-state index contributed by atoms with van der Waals surface area (Å²) >= 11 is 0. The lowest BCUT2D eigenvalue weighted by molar-refractivity contribution is 0.0920. The zero-order chi connectivity index (χ0) is 16.8. The summed E-state index contributed by atoms with van der Waals surface area (Å²) in [5.74, 6) is -0.256. The molecular formula is C20H17NO3. The van der Waals surface area contributed by atoms with Crippen molar-refractivity contribution in [2.45, 2.75) is 6.42 Å². The van der Waals surface area contributed by atoms with Crippen molar-refractivity contribution in [3.63, 3.8) is 0 Å². The van der Waals surface area contributed by atoms with Crippen molar-refractivity contribution in [1.82, 2.24) is 5.32 Å². The van der Waals surface area contributed by atoms with Gasteiger partial charge in [0.05, 0.1) is 0 Å². The SMILES string of the molecule is O=C(NCCc1ccccc1)c1ccc(C(=O)c2ccccc2)o1. The third-order valence-corrected chi connectivity index (χ3v) is 3.63. The van der Waals surface area contributed by atoms with Gasteiger partial charge >= 0.3 is 0 Å². The topological polar surface area (TPSA) is 59.3 Å². The van der Waals surface area contributed by atoms with Gasteiger partial charge in [0.1, 0.15) is 0 Å². The van der Waals surface area contributed by atoms with Crippen molar-refractivity contribution in [3.8, 4) is 0 Å². The third-order valence-electron chi connectivity index (χ3n) is 3.63. The molecule has 24 heavy (non-hydrogen) atoms. The number of carbonyl (C=O) groups is 2. The molecule has 0 radical (unpaired) electrons.